The van der Waals surface area contributed by atoms with E-state index in [1.165, 1.54) is 0 Å². The van der Waals surface area contributed by atoms with E-state index in [-0.39, 0.29) is 5.54 Å². The molecule has 5 nitrogen and oxygen atoms in total. The average Bonchev–Trinajstić information content (AvgIpc) is 2.80. The van der Waals surface area contributed by atoms with Crippen molar-refractivity contribution in [2.45, 2.75) is 39.5 Å². The summed E-state index contributed by atoms with van der Waals surface area (Å²) in [6.07, 6.45) is 1.83. The fourth-order valence-corrected chi connectivity index (χ4v) is 2.05. The first-order chi connectivity index (χ1) is 9.85. The second kappa shape index (κ2) is 6.45. The molecule has 0 unspecified atom stereocenters. The fourth-order valence-electron chi connectivity index (χ4n) is 1.81. The number of benzene rings is 1. The van der Waals surface area contributed by atoms with Crippen molar-refractivity contribution in [3.05, 3.63) is 40.7 Å². The SMILES string of the molecule is Cn1cc(COc2cccc(Cl)c2CNC(C)(C)C)nn1. The second-order valence-electron chi connectivity index (χ2n) is 5.99. The summed E-state index contributed by atoms with van der Waals surface area (Å²) in [6, 6.07) is 5.67. The summed E-state index contributed by atoms with van der Waals surface area (Å²) < 4.78 is 7.49. The van der Waals surface area contributed by atoms with Crippen molar-refractivity contribution in [3.63, 3.8) is 0 Å². The molecule has 2 aromatic rings. The van der Waals surface area contributed by atoms with Crippen molar-refractivity contribution in [2.75, 3.05) is 0 Å². The molecule has 1 aromatic heterocycles. The van der Waals surface area contributed by atoms with E-state index in [0.717, 1.165) is 17.0 Å². The third-order valence-corrected chi connectivity index (χ3v) is 3.25. The summed E-state index contributed by atoms with van der Waals surface area (Å²) >= 11 is 6.29. The molecule has 21 heavy (non-hydrogen) atoms. The Morgan fingerprint density at radius 2 is 2.10 bits per heavy atom. The van der Waals surface area contributed by atoms with Crippen molar-refractivity contribution >= 4 is 11.6 Å². The maximum atomic E-state index is 6.29. The topological polar surface area (TPSA) is 52.0 Å². The fraction of sp³-hybridized carbons (Fsp3) is 0.467. The molecule has 0 amide bonds. The Balaban J connectivity index is 2.09. The molecule has 0 bridgehead atoms. The van der Waals surface area contributed by atoms with Gasteiger partial charge in [0, 0.05) is 29.7 Å². The van der Waals surface area contributed by atoms with E-state index < -0.39 is 0 Å². The van der Waals surface area contributed by atoms with E-state index in [4.69, 9.17) is 16.3 Å². The van der Waals surface area contributed by atoms with Crippen molar-refractivity contribution in [2.24, 2.45) is 7.05 Å². The smallest absolute Gasteiger partial charge is 0.134 e. The first-order valence-electron chi connectivity index (χ1n) is 6.85. The first-order valence-corrected chi connectivity index (χ1v) is 7.23. The number of halogens is 1. The normalized spacial score (nSPS) is 11.7. The summed E-state index contributed by atoms with van der Waals surface area (Å²) in [5.74, 6) is 0.768. The maximum Gasteiger partial charge on any atom is 0.134 e. The lowest BCUT2D eigenvalue weighted by atomic mass is 10.1. The van der Waals surface area contributed by atoms with Crippen LogP contribution in [0.2, 0.25) is 5.02 Å². The third-order valence-electron chi connectivity index (χ3n) is 2.90. The van der Waals surface area contributed by atoms with Crippen LogP contribution in [0, 0.1) is 0 Å². The van der Waals surface area contributed by atoms with E-state index in [2.05, 4.69) is 36.4 Å². The van der Waals surface area contributed by atoms with Crippen LogP contribution in [0.1, 0.15) is 32.0 Å². The Kier molecular flexibility index (Phi) is 4.85. The monoisotopic (exact) mass is 308 g/mol. The first kappa shape index (κ1) is 15.8. The summed E-state index contributed by atoms with van der Waals surface area (Å²) in [4.78, 5) is 0. The molecule has 0 aliphatic heterocycles. The molecule has 1 aromatic carbocycles. The lowest BCUT2D eigenvalue weighted by Gasteiger charge is -2.22. The highest BCUT2D eigenvalue weighted by Crippen LogP contribution is 2.27. The number of ether oxygens (including phenoxy) is 1. The Labute approximate surface area is 130 Å². The molecule has 0 aliphatic rings. The second-order valence-corrected chi connectivity index (χ2v) is 6.40. The number of aromatic nitrogens is 3. The highest BCUT2D eigenvalue weighted by molar-refractivity contribution is 6.31. The van der Waals surface area contributed by atoms with Crippen molar-refractivity contribution < 1.29 is 4.74 Å². The van der Waals surface area contributed by atoms with Gasteiger partial charge < -0.3 is 10.1 Å². The number of rotatable bonds is 5. The maximum absolute atomic E-state index is 6.29. The summed E-state index contributed by atoms with van der Waals surface area (Å²) in [6.45, 7) is 7.37. The molecule has 114 valence electrons. The number of hydrogen-bond donors (Lipinski definition) is 1. The Morgan fingerprint density at radius 3 is 2.71 bits per heavy atom. The lowest BCUT2D eigenvalue weighted by molar-refractivity contribution is 0.295. The number of nitrogens with zero attached hydrogens (tertiary/aromatic N) is 3. The Morgan fingerprint density at radius 1 is 1.33 bits per heavy atom. The lowest BCUT2D eigenvalue weighted by Crippen LogP contribution is -2.35. The van der Waals surface area contributed by atoms with Crippen LogP contribution in [0.3, 0.4) is 0 Å². The minimum Gasteiger partial charge on any atom is -0.487 e. The molecule has 0 fully saturated rings. The highest BCUT2D eigenvalue weighted by atomic mass is 35.5. The van der Waals surface area contributed by atoms with E-state index in [9.17, 15) is 0 Å². The van der Waals surface area contributed by atoms with Gasteiger partial charge in [0.25, 0.3) is 0 Å². The largest absolute Gasteiger partial charge is 0.487 e. The Hall–Kier alpha value is -1.59. The van der Waals surface area contributed by atoms with Gasteiger partial charge in [-0.2, -0.15) is 0 Å². The molecule has 6 heteroatoms. The van der Waals surface area contributed by atoms with Crippen LogP contribution in [0.25, 0.3) is 0 Å². The van der Waals surface area contributed by atoms with E-state index in [0.29, 0.717) is 18.2 Å². The highest BCUT2D eigenvalue weighted by Gasteiger charge is 2.14. The number of aryl methyl sites for hydroxylation is 1. The molecule has 1 N–H and O–H groups in total. The standard InChI is InChI=1S/C15H21ClN4O/c1-15(2,3)17-8-12-13(16)6-5-7-14(12)21-10-11-9-20(4)19-18-11/h5-7,9,17H,8,10H2,1-4H3. The van der Waals surface area contributed by atoms with Gasteiger partial charge >= 0.3 is 0 Å². The van der Waals surface area contributed by atoms with Crippen LogP contribution in [0.5, 0.6) is 5.75 Å². The quantitative estimate of drug-likeness (QED) is 0.922. The van der Waals surface area contributed by atoms with Gasteiger partial charge in [0.15, 0.2) is 0 Å². The van der Waals surface area contributed by atoms with Crippen LogP contribution in [-0.2, 0) is 20.2 Å². The predicted octanol–water partition coefficient (Wildman–Crippen LogP) is 2.94. The molecular formula is C15H21ClN4O. The minimum absolute atomic E-state index is 0.0152. The third kappa shape index (κ3) is 4.72. The molecule has 0 saturated carbocycles. The molecule has 0 aliphatic carbocycles. The number of nitrogens with one attached hydrogen (secondary N) is 1. The molecule has 0 radical (unpaired) electrons. The predicted molar refractivity (Wildman–Crippen MR) is 83.4 cm³/mol. The van der Waals surface area contributed by atoms with Gasteiger partial charge in [0.05, 0.1) is 6.20 Å². The zero-order chi connectivity index (χ0) is 15.5. The van der Waals surface area contributed by atoms with Gasteiger partial charge in [-0.3, -0.25) is 4.68 Å². The van der Waals surface area contributed by atoms with Gasteiger partial charge in [-0.15, -0.1) is 5.10 Å². The number of hydrogen-bond acceptors (Lipinski definition) is 4. The molecule has 1 heterocycles. The van der Waals surface area contributed by atoms with Gasteiger partial charge in [-0.25, -0.2) is 0 Å². The van der Waals surface area contributed by atoms with E-state index in [1.54, 1.807) is 4.68 Å². The van der Waals surface area contributed by atoms with Crippen molar-refractivity contribution in [3.8, 4) is 5.75 Å². The molecular weight excluding hydrogens is 288 g/mol. The van der Waals surface area contributed by atoms with Crippen LogP contribution >= 0.6 is 11.6 Å². The van der Waals surface area contributed by atoms with Gasteiger partial charge in [0.2, 0.25) is 0 Å². The molecule has 0 atom stereocenters. The van der Waals surface area contributed by atoms with Crippen LogP contribution < -0.4 is 10.1 Å². The van der Waals surface area contributed by atoms with Crippen LogP contribution in [-0.4, -0.2) is 20.5 Å². The van der Waals surface area contributed by atoms with Crippen molar-refractivity contribution in [1.29, 1.82) is 0 Å². The minimum atomic E-state index is 0.0152. The Bertz CT molecular complexity index is 604. The van der Waals surface area contributed by atoms with Crippen LogP contribution in [0.15, 0.2) is 24.4 Å². The summed E-state index contributed by atoms with van der Waals surface area (Å²) in [5, 5.41) is 12.0. The van der Waals surface area contributed by atoms with Gasteiger partial charge in [-0.05, 0) is 32.9 Å². The van der Waals surface area contributed by atoms with E-state index >= 15 is 0 Å². The van der Waals surface area contributed by atoms with Gasteiger partial charge in [-0.1, -0.05) is 22.9 Å². The van der Waals surface area contributed by atoms with E-state index in [1.807, 2.05) is 31.4 Å². The summed E-state index contributed by atoms with van der Waals surface area (Å²) in [7, 11) is 1.83. The summed E-state index contributed by atoms with van der Waals surface area (Å²) in [5.41, 5.74) is 1.76. The van der Waals surface area contributed by atoms with Crippen molar-refractivity contribution in [1.82, 2.24) is 20.3 Å². The average molecular weight is 309 g/mol. The zero-order valence-electron chi connectivity index (χ0n) is 12.9. The van der Waals surface area contributed by atoms with Crippen LogP contribution in [0.4, 0.5) is 0 Å². The molecule has 0 spiro atoms. The zero-order valence-corrected chi connectivity index (χ0v) is 13.6. The molecule has 0 saturated heterocycles. The van der Waals surface area contributed by atoms with Gasteiger partial charge in [0.1, 0.15) is 18.1 Å². The molecule has 2 rings (SSSR count).